The van der Waals surface area contributed by atoms with Crippen molar-refractivity contribution in [1.82, 2.24) is 19.8 Å². The lowest BCUT2D eigenvalue weighted by molar-refractivity contribution is 0.0738. The van der Waals surface area contributed by atoms with Gasteiger partial charge in [-0.1, -0.05) is 13.0 Å². The standard InChI is InChI=1S/C19H25N5OS/c1-3-22-8-10-23(11-9-22)18-15-13-24(19(25)17-5-4-12-26-17)7-6-16(15)20-14(2)21-18/h4-5,12H,3,6-11,13H2,1-2H3. The number of aryl methyl sites for hydroxylation is 1. The average molecular weight is 372 g/mol. The highest BCUT2D eigenvalue weighted by molar-refractivity contribution is 7.12. The third kappa shape index (κ3) is 3.33. The van der Waals surface area contributed by atoms with Gasteiger partial charge in [-0.3, -0.25) is 4.79 Å². The summed E-state index contributed by atoms with van der Waals surface area (Å²) in [5.74, 6) is 1.98. The van der Waals surface area contributed by atoms with E-state index in [1.165, 1.54) is 11.3 Å². The number of carbonyl (C=O) groups is 1. The Bertz CT molecular complexity index is 783. The van der Waals surface area contributed by atoms with Crippen LogP contribution in [0.3, 0.4) is 0 Å². The van der Waals surface area contributed by atoms with Crippen molar-refractivity contribution in [2.45, 2.75) is 26.8 Å². The van der Waals surface area contributed by atoms with Crippen LogP contribution >= 0.6 is 11.3 Å². The Morgan fingerprint density at radius 3 is 2.69 bits per heavy atom. The molecule has 6 nitrogen and oxygen atoms in total. The number of thiophene rings is 1. The molecule has 1 saturated heterocycles. The zero-order valence-corrected chi connectivity index (χ0v) is 16.3. The number of carbonyl (C=O) groups excluding carboxylic acids is 1. The number of fused-ring (bicyclic) bond motifs is 1. The zero-order chi connectivity index (χ0) is 18.1. The van der Waals surface area contributed by atoms with E-state index in [-0.39, 0.29) is 5.91 Å². The van der Waals surface area contributed by atoms with E-state index in [4.69, 9.17) is 4.98 Å². The van der Waals surface area contributed by atoms with Gasteiger partial charge < -0.3 is 14.7 Å². The van der Waals surface area contributed by atoms with Crippen molar-refractivity contribution < 1.29 is 4.79 Å². The van der Waals surface area contributed by atoms with Gasteiger partial charge in [-0.05, 0) is 24.9 Å². The van der Waals surface area contributed by atoms with Crippen LogP contribution in [0.5, 0.6) is 0 Å². The third-order valence-electron chi connectivity index (χ3n) is 5.29. The van der Waals surface area contributed by atoms with Gasteiger partial charge in [-0.25, -0.2) is 9.97 Å². The van der Waals surface area contributed by atoms with E-state index in [1.807, 2.05) is 29.3 Å². The van der Waals surface area contributed by atoms with Crippen LogP contribution in [0.1, 0.15) is 33.7 Å². The van der Waals surface area contributed by atoms with Crippen molar-refractivity contribution in [3.05, 3.63) is 39.5 Å². The fourth-order valence-electron chi connectivity index (χ4n) is 3.78. The molecule has 4 rings (SSSR count). The second-order valence-corrected chi connectivity index (χ2v) is 7.84. The molecule has 7 heteroatoms. The smallest absolute Gasteiger partial charge is 0.264 e. The van der Waals surface area contributed by atoms with Crippen molar-refractivity contribution in [3.8, 4) is 0 Å². The second-order valence-electron chi connectivity index (χ2n) is 6.89. The minimum atomic E-state index is 0.118. The van der Waals surface area contributed by atoms with Gasteiger partial charge >= 0.3 is 0 Å². The molecule has 0 radical (unpaired) electrons. The zero-order valence-electron chi connectivity index (χ0n) is 15.4. The Morgan fingerprint density at radius 2 is 2.00 bits per heavy atom. The Balaban J connectivity index is 1.60. The monoisotopic (exact) mass is 371 g/mol. The maximum absolute atomic E-state index is 12.8. The Morgan fingerprint density at radius 1 is 1.19 bits per heavy atom. The fraction of sp³-hybridized carbons (Fsp3) is 0.526. The van der Waals surface area contributed by atoms with Crippen LogP contribution in [0.25, 0.3) is 0 Å². The normalized spacial score (nSPS) is 18.1. The summed E-state index contributed by atoms with van der Waals surface area (Å²) in [6, 6.07) is 3.83. The lowest BCUT2D eigenvalue weighted by atomic mass is 10.0. The number of hydrogen-bond donors (Lipinski definition) is 0. The lowest BCUT2D eigenvalue weighted by Crippen LogP contribution is -2.47. The van der Waals surface area contributed by atoms with Crippen LogP contribution in [0, 0.1) is 6.92 Å². The second kappa shape index (κ2) is 7.32. The minimum absolute atomic E-state index is 0.118. The summed E-state index contributed by atoms with van der Waals surface area (Å²) in [4.78, 5) is 29.8. The molecule has 0 aliphatic carbocycles. The van der Waals surface area contributed by atoms with E-state index < -0.39 is 0 Å². The molecule has 138 valence electrons. The summed E-state index contributed by atoms with van der Waals surface area (Å²) in [7, 11) is 0. The van der Waals surface area contributed by atoms with Crippen LogP contribution in [-0.2, 0) is 13.0 Å². The first kappa shape index (κ1) is 17.4. The van der Waals surface area contributed by atoms with E-state index in [1.54, 1.807) is 0 Å². The number of likely N-dealkylation sites (N-methyl/N-ethyl adjacent to an activating group) is 1. The Hall–Kier alpha value is -1.99. The summed E-state index contributed by atoms with van der Waals surface area (Å²) in [5.41, 5.74) is 2.25. The molecule has 4 heterocycles. The van der Waals surface area contributed by atoms with Gasteiger partial charge in [0.1, 0.15) is 11.6 Å². The molecule has 2 aromatic rings. The fourth-order valence-corrected chi connectivity index (χ4v) is 4.47. The first-order valence-electron chi connectivity index (χ1n) is 9.32. The molecule has 26 heavy (non-hydrogen) atoms. The summed E-state index contributed by atoms with van der Waals surface area (Å²) in [5, 5.41) is 1.95. The molecule has 0 unspecified atom stereocenters. The van der Waals surface area contributed by atoms with Crippen LogP contribution < -0.4 is 4.90 Å². The number of amides is 1. The summed E-state index contributed by atoms with van der Waals surface area (Å²) in [6.45, 7) is 10.7. The van der Waals surface area contributed by atoms with Crippen molar-refractivity contribution in [2.24, 2.45) is 0 Å². The molecule has 0 saturated carbocycles. The van der Waals surface area contributed by atoms with Gasteiger partial charge in [0.2, 0.25) is 0 Å². The lowest BCUT2D eigenvalue weighted by Gasteiger charge is -2.37. The van der Waals surface area contributed by atoms with Crippen LogP contribution in [0.4, 0.5) is 5.82 Å². The van der Waals surface area contributed by atoms with Crippen LogP contribution in [0.2, 0.25) is 0 Å². The number of anilines is 1. The van der Waals surface area contributed by atoms with Gasteiger partial charge in [0.05, 0.1) is 17.1 Å². The molecule has 0 atom stereocenters. The van der Waals surface area contributed by atoms with E-state index in [9.17, 15) is 4.79 Å². The third-order valence-corrected chi connectivity index (χ3v) is 6.15. The largest absolute Gasteiger partial charge is 0.354 e. The number of hydrogen-bond acceptors (Lipinski definition) is 6. The highest BCUT2D eigenvalue weighted by Gasteiger charge is 2.29. The van der Waals surface area contributed by atoms with E-state index in [0.717, 1.165) is 73.5 Å². The predicted molar refractivity (Wildman–Crippen MR) is 104 cm³/mol. The van der Waals surface area contributed by atoms with Crippen LogP contribution in [0.15, 0.2) is 17.5 Å². The van der Waals surface area contributed by atoms with Crippen molar-refractivity contribution in [3.63, 3.8) is 0 Å². The predicted octanol–water partition coefficient (Wildman–Crippen LogP) is 2.19. The number of rotatable bonds is 3. The highest BCUT2D eigenvalue weighted by atomic mass is 32.1. The highest BCUT2D eigenvalue weighted by Crippen LogP contribution is 2.28. The maximum Gasteiger partial charge on any atom is 0.264 e. The van der Waals surface area contributed by atoms with Crippen molar-refractivity contribution in [1.29, 1.82) is 0 Å². The number of nitrogens with zero attached hydrogens (tertiary/aromatic N) is 5. The van der Waals surface area contributed by atoms with E-state index in [0.29, 0.717) is 6.54 Å². The molecule has 2 aromatic heterocycles. The molecule has 1 fully saturated rings. The summed E-state index contributed by atoms with van der Waals surface area (Å²) >= 11 is 1.51. The van der Waals surface area contributed by atoms with Gasteiger partial charge in [0.25, 0.3) is 5.91 Å². The topological polar surface area (TPSA) is 52.6 Å². The van der Waals surface area contributed by atoms with Gasteiger partial charge in [0, 0.05) is 44.7 Å². The first-order valence-corrected chi connectivity index (χ1v) is 10.2. The molecular formula is C19H25N5OS. The first-order chi connectivity index (χ1) is 12.7. The molecule has 2 aliphatic heterocycles. The minimum Gasteiger partial charge on any atom is -0.354 e. The molecule has 1 amide bonds. The molecule has 2 aliphatic rings. The quantitative estimate of drug-likeness (QED) is 0.828. The summed E-state index contributed by atoms with van der Waals surface area (Å²) in [6.07, 6.45) is 0.803. The number of aromatic nitrogens is 2. The summed E-state index contributed by atoms with van der Waals surface area (Å²) < 4.78 is 0. The Kier molecular flexibility index (Phi) is 4.91. The van der Waals surface area contributed by atoms with Crippen molar-refractivity contribution >= 4 is 23.1 Å². The van der Waals surface area contributed by atoms with Crippen molar-refractivity contribution in [2.75, 3.05) is 44.2 Å². The van der Waals surface area contributed by atoms with Gasteiger partial charge in [-0.2, -0.15) is 0 Å². The molecule has 0 aromatic carbocycles. The average Bonchev–Trinajstić information content (AvgIpc) is 3.21. The Labute approximate surface area is 158 Å². The number of piperazine rings is 1. The SMILES string of the molecule is CCN1CCN(c2nc(C)nc3c2CN(C(=O)c2cccs2)CC3)CC1. The van der Waals surface area contributed by atoms with Gasteiger partial charge in [0.15, 0.2) is 0 Å². The van der Waals surface area contributed by atoms with E-state index in [2.05, 4.69) is 21.7 Å². The molecule has 0 N–H and O–H groups in total. The molecule has 0 bridgehead atoms. The maximum atomic E-state index is 12.8. The molecular weight excluding hydrogens is 346 g/mol. The molecule has 0 spiro atoms. The van der Waals surface area contributed by atoms with E-state index >= 15 is 0 Å². The van der Waals surface area contributed by atoms with Gasteiger partial charge in [-0.15, -0.1) is 11.3 Å². The van der Waals surface area contributed by atoms with Crippen LogP contribution in [-0.4, -0.2) is 64.9 Å².